The monoisotopic (exact) mass is 307 g/mol. The number of rotatable bonds is 4. The summed E-state index contributed by atoms with van der Waals surface area (Å²) in [6.45, 7) is 2.10. The minimum atomic E-state index is -0.448. The first kappa shape index (κ1) is 14.2. The topological polar surface area (TPSA) is 74.1 Å². The van der Waals surface area contributed by atoms with Crippen LogP contribution in [-0.4, -0.2) is 27.6 Å². The van der Waals surface area contributed by atoms with Crippen molar-refractivity contribution in [3.8, 4) is 0 Å². The molecule has 0 N–H and O–H groups in total. The molecule has 0 saturated heterocycles. The van der Waals surface area contributed by atoms with Crippen molar-refractivity contribution in [2.24, 2.45) is 0 Å². The molecule has 0 amide bonds. The lowest BCUT2D eigenvalue weighted by molar-refractivity contribution is -0.144. The van der Waals surface area contributed by atoms with E-state index in [1.165, 1.54) is 4.88 Å². The molecule has 1 aliphatic carbocycles. The van der Waals surface area contributed by atoms with Crippen LogP contribution in [0.5, 0.6) is 0 Å². The second kappa shape index (κ2) is 5.93. The van der Waals surface area contributed by atoms with Crippen LogP contribution in [0.2, 0.25) is 0 Å². The summed E-state index contributed by atoms with van der Waals surface area (Å²) >= 11 is 1.55. The average Bonchev–Trinajstić information content (AvgIpc) is 2.87. The largest absolute Gasteiger partial charge is 0.464 e. The molecule has 7 heteroatoms. The molecule has 0 fully saturated rings. The Hall–Kier alpha value is -1.76. The normalized spacial score (nSPS) is 14.1. The number of esters is 1. The second-order valence-electron chi connectivity index (χ2n) is 5.16. The number of thiophene rings is 1. The van der Waals surface area contributed by atoms with Gasteiger partial charge in [0.05, 0.1) is 12.0 Å². The number of fused-ring (bicyclic) bond motifs is 3. The number of carbonyl (C=O) groups is 1. The van der Waals surface area contributed by atoms with Gasteiger partial charge in [-0.1, -0.05) is 12.1 Å². The maximum atomic E-state index is 12.5. The smallest absolute Gasteiger partial charge is 0.327 e. The molecule has 3 rings (SSSR count). The molecule has 2 aromatic heterocycles. The number of ether oxygens (including phenoxy) is 1. The van der Waals surface area contributed by atoms with Crippen LogP contribution in [0.1, 0.15) is 36.6 Å². The summed E-state index contributed by atoms with van der Waals surface area (Å²) in [5, 5.41) is 8.61. The van der Waals surface area contributed by atoms with Gasteiger partial charge in [-0.05, 0) is 37.7 Å². The van der Waals surface area contributed by atoms with Crippen molar-refractivity contribution in [1.29, 1.82) is 0 Å². The standard InChI is InChI=1S/C14H17N3O3S/c1-2-7-20-11(18)8-17-14(19)12-9-5-3-4-6-10(9)21-13(12)15-16-17/h2-8H2,1H3. The van der Waals surface area contributed by atoms with Crippen molar-refractivity contribution in [3.63, 3.8) is 0 Å². The van der Waals surface area contributed by atoms with E-state index < -0.39 is 5.97 Å². The van der Waals surface area contributed by atoms with Gasteiger partial charge < -0.3 is 4.74 Å². The molecule has 0 aromatic carbocycles. The van der Waals surface area contributed by atoms with Gasteiger partial charge in [0.2, 0.25) is 0 Å². The molecule has 0 unspecified atom stereocenters. The molecule has 0 saturated carbocycles. The van der Waals surface area contributed by atoms with E-state index in [-0.39, 0.29) is 12.1 Å². The quantitative estimate of drug-likeness (QED) is 0.804. The fourth-order valence-corrected chi connectivity index (χ4v) is 3.79. The highest BCUT2D eigenvalue weighted by molar-refractivity contribution is 7.18. The summed E-state index contributed by atoms with van der Waals surface area (Å²) in [5.74, 6) is -0.448. The highest BCUT2D eigenvalue weighted by Gasteiger charge is 2.21. The Morgan fingerprint density at radius 1 is 1.38 bits per heavy atom. The number of hydrogen-bond acceptors (Lipinski definition) is 6. The zero-order valence-corrected chi connectivity index (χ0v) is 12.7. The zero-order valence-electron chi connectivity index (χ0n) is 11.9. The van der Waals surface area contributed by atoms with E-state index in [1.54, 1.807) is 11.3 Å². The van der Waals surface area contributed by atoms with Crippen molar-refractivity contribution in [1.82, 2.24) is 15.0 Å². The van der Waals surface area contributed by atoms with Gasteiger partial charge in [-0.15, -0.1) is 16.4 Å². The number of nitrogens with zero attached hydrogens (tertiary/aromatic N) is 3. The minimum absolute atomic E-state index is 0.174. The fraction of sp³-hybridized carbons (Fsp3) is 0.571. The molecular formula is C14H17N3O3S. The molecular weight excluding hydrogens is 290 g/mol. The molecule has 6 nitrogen and oxygen atoms in total. The van der Waals surface area contributed by atoms with Crippen molar-refractivity contribution >= 4 is 27.5 Å². The molecule has 0 bridgehead atoms. The number of carbonyl (C=O) groups excluding carboxylic acids is 1. The van der Waals surface area contributed by atoms with Gasteiger partial charge >= 0.3 is 5.97 Å². The van der Waals surface area contributed by atoms with Crippen LogP contribution in [0.15, 0.2) is 4.79 Å². The summed E-state index contributed by atoms with van der Waals surface area (Å²) in [6, 6.07) is 0. The minimum Gasteiger partial charge on any atom is -0.464 e. The van der Waals surface area contributed by atoms with Crippen LogP contribution < -0.4 is 5.56 Å². The maximum absolute atomic E-state index is 12.5. The third-order valence-corrected chi connectivity index (χ3v) is 4.77. The van der Waals surface area contributed by atoms with Crippen LogP contribution in [0.4, 0.5) is 0 Å². The molecule has 2 aromatic rings. The molecule has 2 heterocycles. The number of aryl methyl sites for hydroxylation is 2. The predicted octanol–water partition coefficient (Wildman–Crippen LogP) is 1.68. The lowest BCUT2D eigenvalue weighted by Gasteiger charge is -2.10. The summed E-state index contributed by atoms with van der Waals surface area (Å²) in [5.41, 5.74) is 0.879. The van der Waals surface area contributed by atoms with Crippen LogP contribution in [0.25, 0.3) is 10.2 Å². The third kappa shape index (κ3) is 2.70. The van der Waals surface area contributed by atoms with Crippen LogP contribution in [0.3, 0.4) is 0 Å². The zero-order chi connectivity index (χ0) is 14.8. The Bertz CT molecular complexity index is 735. The predicted molar refractivity (Wildman–Crippen MR) is 79.6 cm³/mol. The molecule has 0 aliphatic heterocycles. The summed E-state index contributed by atoms with van der Waals surface area (Å²) < 4.78 is 6.11. The van der Waals surface area contributed by atoms with E-state index in [1.807, 2.05) is 6.92 Å². The van der Waals surface area contributed by atoms with Crippen LogP contribution >= 0.6 is 11.3 Å². The van der Waals surface area contributed by atoms with Crippen LogP contribution in [0, 0.1) is 0 Å². The first-order chi connectivity index (χ1) is 10.2. The summed E-state index contributed by atoms with van der Waals surface area (Å²) in [4.78, 5) is 26.1. The maximum Gasteiger partial charge on any atom is 0.327 e. The van der Waals surface area contributed by atoms with Gasteiger partial charge in [-0.25, -0.2) is 0 Å². The van der Waals surface area contributed by atoms with Gasteiger partial charge in [0, 0.05) is 4.88 Å². The SMILES string of the molecule is CCCOC(=O)Cn1nnc2sc3c(c2c1=O)CCCC3. The Morgan fingerprint density at radius 2 is 2.19 bits per heavy atom. The second-order valence-corrected chi connectivity index (χ2v) is 6.25. The van der Waals surface area contributed by atoms with E-state index in [4.69, 9.17) is 4.74 Å². The van der Waals surface area contributed by atoms with E-state index in [9.17, 15) is 9.59 Å². The van der Waals surface area contributed by atoms with Crippen molar-refractivity contribution in [2.45, 2.75) is 45.6 Å². The van der Waals surface area contributed by atoms with E-state index >= 15 is 0 Å². The summed E-state index contributed by atoms with van der Waals surface area (Å²) in [7, 11) is 0. The van der Waals surface area contributed by atoms with E-state index in [0.29, 0.717) is 16.8 Å². The van der Waals surface area contributed by atoms with Crippen molar-refractivity contribution < 1.29 is 9.53 Å². The first-order valence-electron chi connectivity index (χ1n) is 7.24. The average molecular weight is 307 g/mol. The van der Waals surface area contributed by atoms with Gasteiger partial charge in [-0.2, -0.15) is 4.68 Å². The van der Waals surface area contributed by atoms with Gasteiger partial charge in [0.25, 0.3) is 5.56 Å². The Morgan fingerprint density at radius 3 is 3.00 bits per heavy atom. The first-order valence-corrected chi connectivity index (χ1v) is 8.06. The third-order valence-electron chi connectivity index (χ3n) is 3.59. The Kier molecular flexibility index (Phi) is 4.01. The Balaban J connectivity index is 1.96. The number of hydrogen-bond donors (Lipinski definition) is 0. The lowest BCUT2D eigenvalue weighted by Crippen LogP contribution is -2.29. The highest BCUT2D eigenvalue weighted by Crippen LogP contribution is 2.32. The Labute approximate surface area is 125 Å². The van der Waals surface area contributed by atoms with Gasteiger partial charge in [-0.3, -0.25) is 9.59 Å². The van der Waals surface area contributed by atoms with Gasteiger partial charge in [0.15, 0.2) is 4.83 Å². The highest BCUT2D eigenvalue weighted by atomic mass is 32.1. The fourth-order valence-electron chi connectivity index (χ4n) is 2.59. The number of aromatic nitrogens is 3. The van der Waals surface area contributed by atoms with Crippen molar-refractivity contribution in [3.05, 3.63) is 20.8 Å². The lowest BCUT2D eigenvalue weighted by atomic mass is 9.97. The molecule has 112 valence electrons. The van der Waals surface area contributed by atoms with E-state index in [0.717, 1.165) is 42.3 Å². The molecule has 0 spiro atoms. The molecule has 1 aliphatic rings. The van der Waals surface area contributed by atoms with Gasteiger partial charge in [0.1, 0.15) is 6.54 Å². The molecule has 0 radical (unpaired) electrons. The molecule has 21 heavy (non-hydrogen) atoms. The van der Waals surface area contributed by atoms with Crippen molar-refractivity contribution in [2.75, 3.05) is 6.61 Å². The molecule has 0 atom stereocenters. The summed E-state index contributed by atoms with van der Waals surface area (Å²) in [6.07, 6.45) is 4.93. The van der Waals surface area contributed by atoms with E-state index in [2.05, 4.69) is 10.3 Å². The van der Waals surface area contributed by atoms with Crippen LogP contribution in [-0.2, 0) is 28.9 Å².